The van der Waals surface area contributed by atoms with Gasteiger partial charge in [-0.2, -0.15) is 10.2 Å². The molecule has 0 aliphatic carbocycles. The Bertz CT molecular complexity index is 1690. The molecule has 15 heteroatoms. The van der Waals surface area contributed by atoms with Gasteiger partial charge in [-0.3, -0.25) is 0 Å². The van der Waals surface area contributed by atoms with E-state index in [2.05, 4.69) is 67.1 Å². The van der Waals surface area contributed by atoms with E-state index in [0.717, 1.165) is 11.7 Å². The summed E-state index contributed by atoms with van der Waals surface area (Å²) in [5, 5.41) is 13.4. The molecule has 0 amide bonds. The zero-order valence-corrected chi connectivity index (χ0v) is 29.9. The fraction of sp³-hybridized carbons (Fsp3) is 0.484. The van der Waals surface area contributed by atoms with Crippen molar-refractivity contribution in [3.8, 4) is 23.2 Å². The number of aromatic nitrogens is 4. The lowest BCUT2D eigenvalue weighted by Gasteiger charge is -2.39. The molecule has 1 aliphatic rings. The van der Waals surface area contributed by atoms with E-state index >= 15 is 0 Å². The molecule has 0 saturated carbocycles. The Morgan fingerprint density at radius 1 is 1.22 bits per heavy atom. The van der Waals surface area contributed by atoms with E-state index in [1.54, 1.807) is 38.8 Å². The first-order chi connectivity index (χ1) is 21.5. The minimum atomic E-state index is -2.74. The number of rotatable bonds is 13. The summed E-state index contributed by atoms with van der Waals surface area (Å²) in [7, 11) is -1.79. The fourth-order valence-electron chi connectivity index (χ4n) is 4.79. The number of carbonyl (C=O) groups is 1. The molecule has 0 fully saturated rings. The lowest BCUT2D eigenvalue weighted by molar-refractivity contribution is 0.144. The first-order valence-corrected chi connectivity index (χ1v) is 20.5. The smallest absolute Gasteiger partial charge is 0.329 e. The quantitative estimate of drug-likeness (QED) is 0.117. The molecule has 4 rings (SSSR count). The van der Waals surface area contributed by atoms with E-state index in [0.29, 0.717) is 48.0 Å². The van der Waals surface area contributed by atoms with Gasteiger partial charge in [-0.25, -0.2) is 15.0 Å². The predicted molar refractivity (Wildman–Crippen MR) is 184 cm³/mol. The molecule has 1 radical (unpaired) electrons. The third-order valence-corrected chi connectivity index (χ3v) is 14.1. The Balaban J connectivity index is 1.73. The van der Waals surface area contributed by atoms with Crippen molar-refractivity contribution in [2.75, 3.05) is 56.9 Å². The highest BCUT2D eigenvalue weighted by Crippen LogP contribution is 2.46. The highest BCUT2D eigenvalue weighted by molar-refractivity contribution is 7.69. The molecule has 1 aromatic carbocycles. The summed E-state index contributed by atoms with van der Waals surface area (Å²) in [6.45, 7) is 17.8. The lowest BCUT2D eigenvalue weighted by atomic mass is 9.83. The summed E-state index contributed by atoms with van der Waals surface area (Å²) >= 11 is 0. The molecular weight excluding hydrogens is 620 g/mol. The SMILES string of the molecule is COCCOc1nc(P(C)(C)=O)ncc1Nc1nccc(-c2cc(C#N)c3c(c2)[C@@](C)(CO[Si](C)(C)C(C)(C)C)CN3[B]C=O)n1. The zero-order valence-electron chi connectivity index (χ0n) is 28.0. The van der Waals surface area contributed by atoms with Gasteiger partial charge >= 0.3 is 7.41 Å². The maximum atomic E-state index is 12.6. The number of nitrogens with zero attached hydrogens (tertiary/aromatic N) is 6. The largest absolute Gasteiger partial charge is 0.474 e. The minimum Gasteiger partial charge on any atom is -0.474 e. The summed E-state index contributed by atoms with van der Waals surface area (Å²) < 4.78 is 30.2. The van der Waals surface area contributed by atoms with E-state index in [4.69, 9.17) is 18.9 Å². The highest BCUT2D eigenvalue weighted by atomic mass is 31.2. The van der Waals surface area contributed by atoms with Crippen LogP contribution >= 0.6 is 7.14 Å². The third kappa shape index (κ3) is 7.66. The van der Waals surface area contributed by atoms with Crippen LogP contribution in [-0.4, -0.2) is 88.7 Å². The Hall–Kier alpha value is -3.63. The van der Waals surface area contributed by atoms with Crippen molar-refractivity contribution >= 4 is 51.9 Å². The summed E-state index contributed by atoms with van der Waals surface area (Å²) in [5.74, 6) is 0.453. The van der Waals surface area contributed by atoms with E-state index in [1.165, 1.54) is 13.6 Å². The van der Waals surface area contributed by atoms with Gasteiger partial charge in [-0.1, -0.05) is 27.7 Å². The van der Waals surface area contributed by atoms with Crippen molar-refractivity contribution in [2.45, 2.75) is 51.2 Å². The monoisotopic (exact) mass is 662 g/mol. The van der Waals surface area contributed by atoms with E-state index in [-0.39, 0.29) is 29.0 Å². The zero-order chi connectivity index (χ0) is 33.9. The molecule has 0 saturated heterocycles. The van der Waals surface area contributed by atoms with E-state index in [9.17, 15) is 14.6 Å². The van der Waals surface area contributed by atoms with Gasteiger partial charge in [0.1, 0.15) is 31.7 Å². The number of carbonyl (C=O) groups excluding carboxylic acids is 1. The second-order valence-corrected chi connectivity index (χ2v) is 21.4. The molecule has 1 N–H and O–H groups in total. The van der Waals surface area contributed by atoms with Crippen molar-refractivity contribution in [1.29, 1.82) is 5.26 Å². The van der Waals surface area contributed by atoms with Gasteiger partial charge in [0.05, 0.1) is 24.1 Å². The number of anilines is 3. The Labute approximate surface area is 273 Å². The van der Waals surface area contributed by atoms with Crippen LogP contribution in [0.5, 0.6) is 5.88 Å². The molecule has 3 heterocycles. The van der Waals surface area contributed by atoms with Crippen LogP contribution in [0.1, 0.15) is 38.8 Å². The minimum absolute atomic E-state index is 0.0240. The molecule has 0 unspecified atom stereocenters. The normalized spacial score (nSPS) is 16.5. The van der Waals surface area contributed by atoms with E-state index in [1.807, 2.05) is 10.9 Å². The van der Waals surface area contributed by atoms with Crippen molar-refractivity contribution < 1.29 is 23.3 Å². The number of hydrogen-bond acceptors (Lipinski definition) is 12. The summed E-state index contributed by atoms with van der Waals surface area (Å²) in [4.78, 5) is 31.3. The van der Waals surface area contributed by atoms with Crippen molar-refractivity contribution in [3.05, 3.63) is 41.7 Å². The number of ether oxygens (including phenoxy) is 2. The van der Waals surface area contributed by atoms with Crippen LogP contribution in [0.15, 0.2) is 30.6 Å². The number of fused-ring (bicyclic) bond motifs is 1. The van der Waals surface area contributed by atoms with Gasteiger partial charge in [0, 0.05) is 43.1 Å². The van der Waals surface area contributed by atoms with Crippen LogP contribution in [-0.2, 0) is 23.9 Å². The highest BCUT2D eigenvalue weighted by Gasteiger charge is 2.44. The number of hydrogen-bond donors (Lipinski definition) is 1. The van der Waals surface area contributed by atoms with Crippen LogP contribution in [0.3, 0.4) is 0 Å². The van der Waals surface area contributed by atoms with Crippen LogP contribution in [0, 0.1) is 11.3 Å². The maximum absolute atomic E-state index is 12.6. The van der Waals surface area contributed by atoms with Gasteiger partial charge in [-0.05, 0) is 55.2 Å². The van der Waals surface area contributed by atoms with Gasteiger partial charge < -0.3 is 33.4 Å². The first-order valence-electron chi connectivity index (χ1n) is 15.0. The first kappa shape index (κ1) is 35.2. The van der Waals surface area contributed by atoms with Crippen LogP contribution in [0.2, 0.25) is 18.1 Å². The molecule has 243 valence electrons. The lowest BCUT2D eigenvalue weighted by Crippen LogP contribution is -2.46. The van der Waals surface area contributed by atoms with E-state index < -0.39 is 20.9 Å². The Morgan fingerprint density at radius 3 is 2.59 bits per heavy atom. The predicted octanol–water partition coefficient (Wildman–Crippen LogP) is 4.73. The Kier molecular flexibility index (Phi) is 10.4. The second kappa shape index (κ2) is 13.6. The molecule has 2 aromatic heterocycles. The molecule has 1 atom stereocenters. The van der Waals surface area contributed by atoms with Gasteiger partial charge in [-0.15, -0.1) is 0 Å². The van der Waals surface area contributed by atoms with Crippen molar-refractivity contribution in [1.82, 2.24) is 19.9 Å². The summed E-state index contributed by atoms with van der Waals surface area (Å²) in [5.41, 5.74) is 3.43. The van der Waals surface area contributed by atoms with Crippen LogP contribution in [0.4, 0.5) is 17.3 Å². The van der Waals surface area contributed by atoms with Crippen LogP contribution < -0.4 is 20.4 Å². The molecular formula is C31H42BN7O5PSi. The fourth-order valence-corrected chi connectivity index (χ4v) is 6.57. The molecule has 12 nitrogen and oxygen atoms in total. The summed E-state index contributed by atoms with van der Waals surface area (Å²) in [6, 6.07) is 7.89. The number of methoxy groups -OCH3 is 1. The topological polar surface area (TPSA) is 152 Å². The van der Waals surface area contributed by atoms with Crippen molar-refractivity contribution in [2.24, 2.45) is 0 Å². The second-order valence-electron chi connectivity index (χ2n) is 13.5. The standard InChI is InChI=1S/C31H42BN7O5PSi/c1-30(2,3)46(8,9)44-19-31(4)18-39(32-20-40)26-22(16-33)14-21(15-23(26)31)24-10-11-34-28(36-24)37-25-17-35-29(45(6,7)41)38-27(25)43-13-12-42-5/h10-11,14-15,17,20H,12-13,18-19H2,1-9H3,(H,34,36,37)/t31-/m1/s1. The molecule has 3 aromatic rings. The third-order valence-electron chi connectivity index (χ3n) is 8.43. The summed E-state index contributed by atoms with van der Waals surface area (Å²) in [6.07, 6.45) is 3.85. The average Bonchev–Trinajstić information content (AvgIpc) is 3.27. The van der Waals surface area contributed by atoms with Gasteiger partial charge in [0.2, 0.25) is 11.8 Å². The number of benzene rings is 1. The number of nitriles is 1. The molecule has 46 heavy (non-hydrogen) atoms. The Morgan fingerprint density at radius 2 is 1.96 bits per heavy atom. The molecule has 0 bridgehead atoms. The van der Waals surface area contributed by atoms with Gasteiger partial charge in [0.25, 0.3) is 0 Å². The van der Waals surface area contributed by atoms with Crippen molar-refractivity contribution in [3.63, 3.8) is 0 Å². The average molecular weight is 663 g/mol. The van der Waals surface area contributed by atoms with Crippen LogP contribution in [0.25, 0.3) is 11.3 Å². The maximum Gasteiger partial charge on any atom is 0.329 e. The molecule has 1 aliphatic heterocycles. The van der Waals surface area contributed by atoms with Gasteiger partial charge in [0.15, 0.2) is 13.9 Å². The molecule has 0 spiro atoms. The number of nitrogens with one attached hydrogen (secondary N) is 1.